The van der Waals surface area contributed by atoms with E-state index >= 15 is 0 Å². The first-order valence-electron chi connectivity index (χ1n) is 6.94. The molecule has 122 valence electrons. The van der Waals surface area contributed by atoms with Crippen molar-refractivity contribution in [2.75, 3.05) is 4.43 Å². The van der Waals surface area contributed by atoms with E-state index in [1.807, 2.05) is 0 Å². The largest absolute Gasteiger partial charge is 0.534 e. The van der Waals surface area contributed by atoms with Gasteiger partial charge in [-0.3, -0.25) is 0 Å². The van der Waals surface area contributed by atoms with Gasteiger partial charge in [0.2, 0.25) is 0 Å². The number of allylic oxidation sites excluding steroid dienone is 2. The van der Waals surface area contributed by atoms with E-state index in [-0.39, 0.29) is 17.6 Å². The lowest BCUT2D eigenvalue weighted by molar-refractivity contribution is -0.0530. The third-order valence-corrected chi connectivity index (χ3v) is 6.92. The Balaban J connectivity index is 2.16. The highest BCUT2D eigenvalue weighted by Crippen LogP contribution is 2.50. The molecule has 1 fully saturated rings. The summed E-state index contributed by atoms with van der Waals surface area (Å²) in [6, 6.07) is 0. The molecule has 21 heavy (non-hydrogen) atoms. The van der Waals surface area contributed by atoms with E-state index in [4.69, 9.17) is 0 Å². The van der Waals surface area contributed by atoms with Crippen LogP contribution in [0, 0.1) is 23.7 Å². The van der Waals surface area contributed by atoms with Crippen LogP contribution in [0.15, 0.2) is 11.8 Å². The summed E-state index contributed by atoms with van der Waals surface area (Å²) in [6.45, 7) is 2.14. The second kappa shape index (κ2) is 6.25. The molecule has 2 aliphatic carbocycles. The molecule has 3 nitrogen and oxygen atoms in total. The predicted molar refractivity (Wildman–Crippen MR) is 81.1 cm³/mol. The molecule has 8 heteroatoms. The highest BCUT2D eigenvalue weighted by Gasteiger charge is 2.51. The van der Waals surface area contributed by atoms with E-state index in [2.05, 4.69) is 33.7 Å². The maximum atomic E-state index is 12.5. The second-order valence-corrected chi connectivity index (χ2v) is 8.23. The fraction of sp³-hybridized carbons (Fsp3) is 0.846. The minimum Gasteiger partial charge on any atom is -0.381 e. The van der Waals surface area contributed by atoms with Gasteiger partial charge in [-0.1, -0.05) is 29.5 Å². The van der Waals surface area contributed by atoms with Gasteiger partial charge in [-0.05, 0) is 49.5 Å². The average molecular weight is 438 g/mol. The molecule has 0 aromatic heterocycles. The van der Waals surface area contributed by atoms with Crippen LogP contribution in [0.1, 0.15) is 32.6 Å². The van der Waals surface area contributed by atoms with Crippen LogP contribution in [-0.4, -0.2) is 18.4 Å². The molecule has 0 N–H and O–H groups in total. The normalized spacial score (nSPS) is 31.5. The van der Waals surface area contributed by atoms with Crippen molar-refractivity contribution in [3.63, 3.8) is 0 Å². The topological polar surface area (TPSA) is 43.4 Å². The first kappa shape index (κ1) is 17.4. The highest BCUT2D eigenvalue weighted by molar-refractivity contribution is 14.1. The van der Waals surface area contributed by atoms with Crippen LogP contribution in [-0.2, 0) is 14.3 Å². The van der Waals surface area contributed by atoms with E-state index < -0.39 is 15.6 Å². The van der Waals surface area contributed by atoms with Crippen molar-refractivity contribution in [3.8, 4) is 0 Å². The third kappa shape index (κ3) is 3.51. The Kier molecular flexibility index (Phi) is 5.17. The van der Waals surface area contributed by atoms with Gasteiger partial charge in [0.15, 0.2) is 0 Å². The van der Waals surface area contributed by atoms with Gasteiger partial charge < -0.3 is 4.18 Å². The lowest BCUT2D eigenvalue weighted by Crippen LogP contribution is -2.30. The Bertz CT molecular complexity index is 515. The molecular formula is C13H18F3IO3S. The molecule has 2 rings (SSSR count). The van der Waals surface area contributed by atoms with Crippen molar-refractivity contribution in [2.45, 2.75) is 38.1 Å². The quantitative estimate of drug-likeness (QED) is 0.286. The molecule has 0 heterocycles. The zero-order valence-electron chi connectivity index (χ0n) is 11.6. The summed E-state index contributed by atoms with van der Waals surface area (Å²) in [5, 5.41) is 0. The van der Waals surface area contributed by atoms with Gasteiger partial charge in [-0.15, -0.1) is 0 Å². The van der Waals surface area contributed by atoms with Gasteiger partial charge in [0.1, 0.15) is 5.76 Å². The lowest BCUT2D eigenvalue weighted by atomic mass is 9.77. The number of fused-ring (bicyclic) bond motifs is 1. The minimum absolute atomic E-state index is 0.00623. The molecule has 1 saturated carbocycles. The molecule has 0 saturated heterocycles. The molecule has 0 amide bonds. The Morgan fingerprint density at radius 1 is 1.38 bits per heavy atom. The zero-order valence-corrected chi connectivity index (χ0v) is 14.5. The molecule has 0 aromatic rings. The molecule has 0 aliphatic heterocycles. The van der Waals surface area contributed by atoms with Crippen LogP contribution < -0.4 is 0 Å². The van der Waals surface area contributed by atoms with E-state index in [0.717, 1.165) is 17.3 Å². The Hall–Kier alpha value is 0.0100. The first-order valence-corrected chi connectivity index (χ1v) is 9.87. The van der Waals surface area contributed by atoms with Crippen LogP contribution in [0.5, 0.6) is 0 Å². The summed E-state index contributed by atoms with van der Waals surface area (Å²) in [5.41, 5.74) is -5.37. The number of alkyl halides is 4. The van der Waals surface area contributed by atoms with Crippen molar-refractivity contribution in [2.24, 2.45) is 23.7 Å². The van der Waals surface area contributed by atoms with Crippen molar-refractivity contribution < 1.29 is 25.8 Å². The minimum atomic E-state index is -5.55. The standard InChI is InChI=1S/C13H18F3IO3S/c1-8(7-17)9-5-6-11-10(9)3-2-4-12(11)20-21(18,19)13(14,15)16/h4,8-11H,2-3,5-7H2,1H3/t8-,9?,10?,11-/m1/s1. The maximum Gasteiger partial charge on any atom is 0.534 e. The third-order valence-electron chi connectivity index (χ3n) is 4.55. The van der Waals surface area contributed by atoms with Gasteiger partial charge >= 0.3 is 15.6 Å². The summed E-state index contributed by atoms with van der Waals surface area (Å²) in [4.78, 5) is 0. The van der Waals surface area contributed by atoms with Crippen molar-refractivity contribution in [3.05, 3.63) is 11.8 Å². The molecule has 0 aromatic carbocycles. The van der Waals surface area contributed by atoms with Gasteiger partial charge in [-0.25, -0.2) is 0 Å². The zero-order chi connectivity index (χ0) is 15.8. The summed E-state index contributed by atoms with van der Waals surface area (Å²) in [6.07, 6.45) is 4.62. The van der Waals surface area contributed by atoms with Gasteiger partial charge in [-0.2, -0.15) is 21.6 Å². The van der Waals surface area contributed by atoms with Crippen LogP contribution in [0.4, 0.5) is 13.2 Å². The fourth-order valence-corrected chi connectivity index (χ4v) is 4.72. The summed E-state index contributed by atoms with van der Waals surface area (Å²) in [5.74, 6) is 0.975. The van der Waals surface area contributed by atoms with Crippen molar-refractivity contribution >= 4 is 32.7 Å². The Labute approximate surface area is 136 Å². The predicted octanol–water partition coefficient (Wildman–Crippen LogP) is 4.24. The Morgan fingerprint density at radius 3 is 2.62 bits per heavy atom. The summed E-state index contributed by atoms with van der Waals surface area (Å²) >= 11 is 2.31. The van der Waals surface area contributed by atoms with Crippen LogP contribution in [0.3, 0.4) is 0 Å². The Morgan fingerprint density at radius 2 is 2.05 bits per heavy atom. The molecule has 2 aliphatic rings. The summed E-state index contributed by atoms with van der Waals surface area (Å²) < 4.78 is 65.2. The SMILES string of the molecule is C[C@H](CI)C1CC[C@H]2C(OS(=O)(=O)C(F)(F)F)=CCCC12. The number of rotatable bonds is 4. The van der Waals surface area contributed by atoms with Crippen LogP contribution in [0.25, 0.3) is 0 Å². The first-order chi connectivity index (χ1) is 9.67. The smallest absolute Gasteiger partial charge is 0.381 e. The van der Waals surface area contributed by atoms with Gasteiger partial charge in [0.05, 0.1) is 0 Å². The second-order valence-electron chi connectivity index (χ2n) is 5.81. The van der Waals surface area contributed by atoms with Crippen molar-refractivity contribution in [1.82, 2.24) is 0 Å². The van der Waals surface area contributed by atoms with E-state index in [1.54, 1.807) is 0 Å². The van der Waals surface area contributed by atoms with Gasteiger partial charge in [0.25, 0.3) is 0 Å². The maximum absolute atomic E-state index is 12.5. The monoisotopic (exact) mass is 438 g/mol. The molecule has 0 spiro atoms. The molecule has 2 unspecified atom stereocenters. The number of hydrogen-bond acceptors (Lipinski definition) is 3. The van der Waals surface area contributed by atoms with Gasteiger partial charge in [0, 0.05) is 10.3 Å². The molecule has 0 bridgehead atoms. The van der Waals surface area contributed by atoms with E-state index in [9.17, 15) is 21.6 Å². The molecule has 0 radical (unpaired) electrons. The fourth-order valence-electron chi connectivity index (χ4n) is 3.53. The van der Waals surface area contributed by atoms with Crippen LogP contribution >= 0.6 is 22.6 Å². The van der Waals surface area contributed by atoms with Crippen molar-refractivity contribution in [1.29, 1.82) is 0 Å². The van der Waals surface area contributed by atoms with E-state index in [0.29, 0.717) is 24.7 Å². The van der Waals surface area contributed by atoms with E-state index in [1.165, 1.54) is 6.08 Å². The summed E-state index contributed by atoms with van der Waals surface area (Å²) in [7, 11) is -5.55. The molecular weight excluding hydrogens is 420 g/mol. The molecule has 4 atom stereocenters. The average Bonchev–Trinajstić information content (AvgIpc) is 2.81. The number of halogens is 4. The number of hydrogen-bond donors (Lipinski definition) is 0. The lowest BCUT2D eigenvalue weighted by Gasteiger charge is -2.32. The highest BCUT2D eigenvalue weighted by atomic mass is 127. The van der Waals surface area contributed by atoms with Crippen LogP contribution in [0.2, 0.25) is 0 Å².